The highest BCUT2D eigenvalue weighted by atomic mass is 16.5. The molecule has 0 fully saturated rings. The van der Waals surface area contributed by atoms with E-state index in [1.165, 1.54) is 56.9 Å². The van der Waals surface area contributed by atoms with E-state index in [1.54, 1.807) is 0 Å². The number of aliphatic hydroxyl groups excluding tert-OH is 2. The maximum absolute atomic E-state index is 11.7. The molecule has 0 heterocycles. The first-order valence-corrected chi connectivity index (χ1v) is 12.6. The van der Waals surface area contributed by atoms with Crippen molar-refractivity contribution in [2.45, 2.75) is 96.5 Å². The van der Waals surface area contributed by atoms with Crippen LogP contribution in [-0.4, -0.2) is 42.0 Å². The number of carbonyl (C=O) groups is 1. The SMILES string of the molecule is CCCCCCCCC/C=C/CCCNc1ccccc1CCCC(=O)OCC(O)CO. The quantitative estimate of drug-likeness (QED) is 0.134. The molecule has 1 aromatic rings. The Hall–Kier alpha value is -1.85. The fourth-order valence-corrected chi connectivity index (χ4v) is 3.55. The first-order chi connectivity index (χ1) is 15.7. The van der Waals surface area contributed by atoms with Crippen LogP contribution in [0.25, 0.3) is 0 Å². The van der Waals surface area contributed by atoms with Gasteiger partial charge in [0.15, 0.2) is 0 Å². The van der Waals surface area contributed by atoms with Crippen molar-refractivity contribution in [3.63, 3.8) is 0 Å². The predicted octanol–water partition coefficient (Wildman–Crippen LogP) is 5.79. The van der Waals surface area contributed by atoms with Crippen LogP contribution in [0, 0.1) is 0 Å². The molecular weight excluding hydrogens is 402 g/mol. The normalized spacial score (nSPS) is 12.2. The van der Waals surface area contributed by atoms with Gasteiger partial charge in [-0.25, -0.2) is 0 Å². The molecule has 1 rings (SSSR count). The molecule has 0 radical (unpaired) electrons. The van der Waals surface area contributed by atoms with Crippen LogP contribution in [-0.2, 0) is 16.0 Å². The van der Waals surface area contributed by atoms with Gasteiger partial charge in [-0.15, -0.1) is 0 Å². The van der Waals surface area contributed by atoms with E-state index >= 15 is 0 Å². The summed E-state index contributed by atoms with van der Waals surface area (Å²) in [6.45, 7) is 2.64. The Balaban J connectivity index is 2.13. The summed E-state index contributed by atoms with van der Waals surface area (Å²) >= 11 is 0. The van der Waals surface area contributed by atoms with Crippen LogP contribution in [0.1, 0.15) is 89.5 Å². The van der Waals surface area contributed by atoms with E-state index in [9.17, 15) is 9.90 Å². The number of benzene rings is 1. The van der Waals surface area contributed by atoms with Crippen LogP contribution in [0.3, 0.4) is 0 Å². The minimum atomic E-state index is -1.00. The average molecular weight is 448 g/mol. The van der Waals surface area contributed by atoms with Crippen molar-refractivity contribution < 1.29 is 19.7 Å². The van der Waals surface area contributed by atoms with E-state index in [0.717, 1.165) is 31.5 Å². The van der Waals surface area contributed by atoms with Crippen molar-refractivity contribution in [3.05, 3.63) is 42.0 Å². The Morgan fingerprint density at radius 3 is 2.44 bits per heavy atom. The lowest BCUT2D eigenvalue weighted by Crippen LogP contribution is -2.21. The number of aryl methyl sites for hydroxylation is 1. The fraction of sp³-hybridized carbons (Fsp3) is 0.667. The lowest BCUT2D eigenvalue weighted by molar-refractivity contribution is -0.147. The summed E-state index contributed by atoms with van der Waals surface area (Å²) in [4.78, 5) is 11.7. The number of para-hydroxylation sites is 1. The Kier molecular flexibility index (Phi) is 17.4. The number of nitrogens with one attached hydrogen (secondary N) is 1. The predicted molar refractivity (Wildman–Crippen MR) is 133 cm³/mol. The number of aliphatic hydroxyl groups is 2. The Bertz CT molecular complexity index is 617. The number of rotatable bonds is 20. The van der Waals surface area contributed by atoms with E-state index in [1.807, 2.05) is 12.1 Å². The third kappa shape index (κ3) is 15.0. The molecule has 3 N–H and O–H groups in total. The number of hydrogen-bond donors (Lipinski definition) is 3. The summed E-state index contributed by atoms with van der Waals surface area (Å²) in [5.74, 6) is -0.341. The molecule has 0 aliphatic rings. The van der Waals surface area contributed by atoms with E-state index < -0.39 is 12.7 Å². The number of anilines is 1. The van der Waals surface area contributed by atoms with Crippen molar-refractivity contribution in [1.29, 1.82) is 0 Å². The minimum Gasteiger partial charge on any atom is -0.463 e. The van der Waals surface area contributed by atoms with Gasteiger partial charge in [0.05, 0.1) is 6.61 Å². The summed E-state index contributed by atoms with van der Waals surface area (Å²) in [7, 11) is 0. The molecule has 32 heavy (non-hydrogen) atoms. The van der Waals surface area contributed by atoms with Gasteiger partial charge in [0, 0.05) is 18.7 Å². The molecule has 0 aromatic heterocycles. The van der Waals surface area contributed by atoms with Crippen molar-refractivity contribution in [2.75, 3.05) is 25.1 Å². The molecule has 0 saturated carbocycles. The Morgan fingerprint density at radius 1 is 1.00 bits per heavy atom. The molecule has 0 aliphatic heterocycles. The second-order valence-corrected chi connectivity index (χ2v) is 8.48. The maximum atomic E-state index is 11.7. The Labute approximate surface area is 195 Å². The van der Waals surface area contributed by atoms with Crippen LogP contribution < -0.4 is 5.32 Å². The number of esters is 1. The molecule has 0 spiro atoms. The number of ether oxygens (including phenoxy) is 1. The van der Waals surface area contributed by atoms with E-state index in [2.05, 4.69) is 36.5 Å². The first-order valence-electron chi connectivity index (χ1n) is 12.6. The molecule has 1 atom stereocenters. The zero-order valence-electron chi connectivity index (χ0n) is 20.1. The average Bonchev–Trinajstić information content (AvgIpc) is 2.81. The zero-order chi connectivity index (χ0) is 23.3. The van der Waals surface area contributed by atoms with E-state index in [0.29, 0.717) is 12.8 Å². The van der Waals surface area contributed by atoms with Gasteiger partial charge in [0.1, 0.15) is 12.7 Å². The molecular formula is C27H45NO4. The second-order valence-electron chi connectivity index (χ2n) is 8.48. The monoisotopic (exact) mass is 447 g/mol. The van der Waals surface area contributed by atoms with Crippen LogP contribution in [0.5, 0.6) is 0 Å². The molecule has 1 aromatic carbocycles. The van der Waals surface area contributed by atoms with Crippen molar-refractivity contribution in [2.24, 2.45) is 0 Å². The standard InChI is InChI=1S/C27H45NO4/c1-2-3-4-5-6-7-8-9-10-11-12-15-21-28-26-19-14-13-17-24(26)18-16-20-27(31)32-23-25(30)22-29/h10-11,13-14,17,19,25,28-30H,2-9,12,15-16,18,20-23H2,1H3/b11-10+. The molecule has 182 valence electrons. The van der Waals surface area contributed by atoms with Crippen LogP contribution in [0.2, 0.25) is 0 Å². The van der Waals surface area contributed by atoms with E-state index in [-0.39, 0.29) is 12.6 Å². The summed E-state index contributed by atoms with van der Waals surface area (Å²) < 4.78 is 4.94. The van der Waals surface area contributed by atoms with Crippen molar-refractivity contribution >= 4 is 11.7 Å². The van der Waals surface area contributed by atoms with Crippen LogP contribution in [0.15, 0.2) is 36.4 Å². The molecule has 0 bridgehead atoms. The van der Waals surface area contributed by atoms with Crippen molar-refractivity contribution in [3.8, 4) is 0 Å². The molecule has 5 nitrogen and oxygen atoms in total. The highest BCUT2D eigenvalue weighted by molar-refractivity contribution is 5.69. The number of unbranched alkanes of at least 4 members (excludes halogenated alkanes) is 8. The number of allylic oxidation sites excluding steroid dienone is 2. The zero-order valence-corrected chi connectivity index (χ0v) is 20.1. The van der Waals surface area contributed by atoms with Crippen LogP contribution >= 0.6 is 0 Å². The fourth-order valence-electron chi connectivity index (χ4n) is 3.55. The van der Waals surface area contributed by atoms with Gasteiger partial charge in [-0.1, -0.05) is 75.8 Å². The third-order valence-corrected chi connectivity index (χ3v) is 5.50. The summed E-state index contributed by atoms with van der Waals surface area (Å²) in [5, 5.41) is 21.5. The molecule has 1 unspecified atom stereocenters. The molecule has 0 amide bonds. The van der Waals surface area contributed by atoms with Gasteiger partial charge in [0.25, 0.3) is 0 Å². The number of carbonyl (C=O) groups excluding carboxylic acids is 1. The molecule has 5 heteroatoms. The lowest BCUT2D eigenvalue weighted by Gasteiger charge is -2.12. The topological polar surface area (TPSA) is 78.8 Å². The lowest BCUT2D eigenvalue weighted by atomic mass is 10.1. The third-order valence-electron chi connectivity index (χ3n) is 5.50. The van der Waals surface area contributed by atoms with Gasteiger partial charge in [-0.2, -0.15) is 0 Å². The molecule has 0 aliphatic carbocycles. The maximum Gasteiger partial charge on any atom is 0.305 e. The van der Waals surface area contributed by atoms with Crippen molar-refractivity contribution in [1.82, 2.24) is 0 Å². The summed E-state index contributed by atoms with van der Waals surface area (Å²) in [6, 6.07) is 8.22. The van der Waals surface area contributed by atoms with E-state index in [4.69, 9.17) is 9.84 Å². The highest BCUT2D eigenvalue weighted by Gasteiger charge is 2.08. The summed E-state index contributed by atoms with van der Waals surface area (Å²) in [6.07, 6.45) is 18.3. The van der Waals surface area contributed by atoms with Gasteiger partial charge in [0.2, 0.25) is 0 Å². The van der Waals surface area contributed by atoms with Gasteiger partial charge >= 0.3 is 5.97 Å². The van der Waals surface area contributed by atoms with Crippen LogP contribution in [0.4, 0.5) is 5.69 Å². The highest BCUT2D eigenvalue weighted by Crippen LogP contribution is 2.18. The van der Waals surface area contributed by atoms with Gasteiger partial charge in [-0.05, 0) is 50.2 Å². The smallest absolute Gasteiger partial charge is 0.305 e. The number of hydrogen-bond acceptors (Lipinski definition) is 5. The first kappa shape index (κ1) is 28.2. The summed E-state index contributed by atoms with van der Waals surface area (Å²) in [5.41, 5.74) is 2.33. The van der Waals surface area contributed by atoms with Gasteiger partial charge in [-0.3, -0.25) is 4.79 Å². The molecule has 0 saturated heterocycles. The minimum absolute atomic E-state index is 0.152. The second kappa shape index (κ2) is 19.8. The Morgan fingerprint density at radius 2 is 1.69 bits per heavy atom. The largest absolute Gasteiger partial charge is 0.463 e. The van der Waals surface area contributed by atoms with Gasteiger partial charge < -0.3 is 20.3 Å².